The predicted molar refractivity (Wildman–Crippen MR) is 76.9 cm³/mol. The molecule has 1 nitrogen and oxygen atoms in total. The molecule has 0 heterocycles. The third kappa shape index (κ3) is 1.94. The number of hydrogen-bond acceptors (Lipinski definition) is 1. The molecule has 2 bridgehead atoms. The van der Waals surface area contributed by atoms with E-state index in [2.05, 4.69) is 24.3 Å². The van der Waals surface area contributed by atoms with E-state index in [4.69, 9.17) is 0 Å². The van der Waals surface area contributed by atoms with Gasteiger partial charge in [-0.25, -0.2) is 0 Å². The third-order valence-electron chi connectivity index (χ3n) is 6.06. The normalized spacial score (nSPS) is 35.3. The van der Waals surface area contributed by atoms with Crippen LogP contribution in [0, 0.1) is 17.8 Å². The van der Waals surface area contributed by atoms with Gasteiger partial charge >= 0.3 is 0 Å². The van der Waals surface area contributed by atoms with Gasteiger partial charge in [0.2, 0.25) is 0 Å². The Morgan fingerprint density at radius 1 is 1.00 bits per heavy atom. The van der Waals surface area contributed by atoms with Crippen LogP contribution in [0.5, 0.6) is 0 Å². The van der Waals surface area contributed by atoms with Gasteiger partial charge in [0.25, 0.3) is 0 Å². The Hall–Kier alpha value is -0.820. The molecule has 1 aromatic carbocycles. The highest BCUT2D eigenvalue weighted by molar-refractivity contribution is 5.34. The summed E-state index contributed by atoms with van der Waals surface area (Å²) < 4.78 is 0. The largest absolute Gasteiger partial charge is 0.388 e. The summed E-state index contributed by atoms with van der Waals surface area (Å²) in [5.74, 6) is 2.99. The summed E-state index contributed by atoms with van der Waals surface area (Å²) in [6.07, 6.45) is 9.23. The van der Waals surface area contributed by atoms with Crippen molar-refractivity contribution in [2.75, 3.05) is 0 Å². The molecule has 3 fully saturated rings. The van der Waals surface area contributed by atoms with Crippen LogP contribution in [-0.2, 0) is 0 Å². The number of fused-ring (bicyclic) bond motifs is 2. The molecule has 0 radical (unpaired) electrons. The summed E-state index contributed by atoms with van der Waals surface area (Å²) in [5, 5.41) is 10.9. The molecule has 102 valence electrons. The van der Waals surface area contributed by atoms with Crippen LogP contribution < -0.4 is 0 Å². The van der Waals surface area contributed by atoms with Crippen molar-refractivity contribution in [3.8, 4) is 0 Å². The summed E-state index contributed by atoms with van der Waals surface area (Å²) in [6, 6.07) is 8.69. The second-order valence-electron chi connectivity index (χ2n) is 7.04. The lowest BCUT2D eigenvalue weighted by atomic mass is 9.74. The first-order valence-electron chi connectivity index (χ1n) is 8.10. The molecule has 4 atom stereocenters. The maximum atomic E-state index is 10.9. The number of benzene rings is 1. The van der Waals surface area contributed by atoms with Gasteiger partial charge in [-0.2, -0.15) is 0 Å². The van der Waals surface area contributed by atoms with Crippen molar-refractivity contribution in [1.29, 1.82) is 0 Å². The topological polar surface area (TPSA) is 20.2 Å². The standard InChI is InChI=1S/C18H24O/c19-18(17-11-12-8-9-14(17)10-12)16-7-2-1-6-15(16)13-4-3-5-13/h1-2,6-7,12-14,17-19H,3-5,8-11H2. The van der Waals surface area contributed by atoms with Crippen molar-refractivity contribution in [2.24, 2.45) is 17.8 Å². The molecule has 3 aliphatic carbocycles. The van der Waals surface area contributed by atoms with Gasteiger partial charge in [-0.15, -0.1) is 0 Å². The molecular weight excluding hydrogens is 232 g/mol. The fourth-order valence-electron chi connectivity index (χ4n) is 4.78. The maximum Gasteiger partial charge on any atom is 0.0823 e. The number of hydrogen-bond donors (Lipinski definition) is 1. The highest BCUT2D eigenvalue weighted by Crippen LogP contribution is 2.53. The monoisotopic (exact) mass is 256 g/mol. The van der Waals surface area contributed by atoms with E-state index in [1.54, 1.807) is 0 Å². The molecule has 0 spiro atoms. The van der Waals surface area contributed by atoms with Gasteiger partial charge in [-0.05, 0) is 66.9 Å². The highest BCUT2D eigenvalue weighted by atomic mass is 16.3. The molecule has 0 aromatic heterocycles. The molecule has 1 N–H and O–H groups in total. The van der Waals surface area contributed by atoms with E-state index >= 15 is 0 Å². The first kappa shape index (κ1) is 12.0. The van der Waals surface area contributed by atoms with E-state index in [1.165, 1.54) is 56.1 Å². The van der Waals surface area contributed by atoms with Gasteiger partial charge in [0, 0.05) is 0 Å². The van der Waals surface area contributed by atoms with Crippen LogP contribution in [0.4, 0.5) is 0 Å². The minimum Gasteiger partial charge on any atom is -0.388 e. The van der Waals surface area contributed by atoms with Crippen molar-refractivity contribution in [3.63, 3.8) is 0 Å². The van der Waals surface area contributed by atoms with E-state index in [0.29, 0.717) is 5.92 Å². The lowest BCUT2D eigenvalue weighted by Gasteiger charge is -2.33. The zero-order valence-electron chi connectivity index (χ0n) is 11.6. The number of aliphatic hydroxyl groups is 1. The van der Waals surface area contributed by atoms with E-state index in [1.807, 2.05) is 0 Å². The molecule has 4 rings (SSSR count). The Morgan fingerprint density at radius 2 is 1.84 bits per heavy atom. The average Bonchev–Trinajstić information content (AvgIpc) is 2.99. The minimum atomic E-state index is -0.202. The molecule has 1 aromatic rings. The van der Waals surface area contributed by atoms with Crippen LogP contribution in [0.3, 0.4) is 0 Å². The number of aliphatic hydroxyl groups excluding tert-OH is 1. The van der Waals surface area contributed by atoms with Crippen LogP contribution >= 0.6 is 0 Å². The second kappa shape index (κ2) is 4.63. The predicted octanol–water partition coefficient (Wildman–Crippen LogP) is 4.42. The fourth-order valence-corrected chi connectivity index (χ4v) is 4.78. The molecule has 0 amide bonds. The lowest BCUT2D eigenvalue weighted by molar-refractivity contribution is 0.0730. The Balaban J connectivity index is 1.61. The lowest BCUT2D eigenvalue weighted by Crippen LogP contribution is -2.22. The van der Waals surface area contributed by atoms with Gasteiger partial charge in [0.05, 0.1) is 6.10 Å². The molecule has 3 saturated carbocycles. The smallest absolute Gasteiger partial charge is 0.0823 e. The summed E-state index contributed by atoms with van der Waals surface area (Å²) in [4.78, 5) is 0. The van der Waals surface area contributed by atoms with E-state index in [0.717, 1.165) is 17.8 Å². The van der Waals surface area contributed by atoms with Gasteiger partial charge in [0.1, 0.15) is 0 Å². The Morgan fingerprint density at radius 3 is 2.47 bits per heavy atom. The maximum absolute atomic E-state index is 10.9. The average molecular weight is 256 g/mol. The Bertz CT molecular complexity index is 463. The van der Waals surface area contributed by atoms with E-state index < -0.39 is 0 Å². The van der Waals surface area contributed by atoms with Crippen LogP contribution in [-0.4, -0.2) is 5.11 Å². The van der Waals surface area contributed by atoms with Crippen molar-refractivity contribution >= 4 is 0 Å². The fraction of sp³-hybridized carbons (Fsp3) is 0.667. The molecule has 19 heavy (non-hydrogen) atoms. The van der Waals surface area contributed by atoms with Crippen molar-refractivity contribution in [1.82, 2.24) is 0 Å². The number of rotatable bonds is 3. The molecule has 1 heteroatoms. The zero-order valence-corrected chi connectivity index (χ0v) is 11.6. The van der Waals surface area contributed by atoms with Crippen molar-refractivity contribution < 1.29 is 5.11 Å². The quantitative estimate of drug-likeness (QED) is 0.848. The second-order valence-corrected chi connectivity index (χ2v) is 7.04. The third-order valence-corrected chi connectivity index (χ3v) is 6.06. The van der Waals surface area contributed by atoms with Crippen LogP contribution in [0.15, 0.2) is 24.3 Å². The molecule has 4 unspecified atom stereocenters. The summed E-state index contributed by atoms with van der Waals surface area (Å²) in [6.45, 7) is 0. The molecule has 0 saturated heterocycles. The van der Waals surface area contributed by atoms with E-state index in [-0.39, 0.29) is 6.10 Å². The van der Waals surface area contributed by atoms with Gasteiger partial charge in [-0.1, -0.05) is 37.1 Å². The van der Waals surface area contributed by atoms with Gasteiger partial charge < -0.3 is 5.11 Å². The Kier molecular flexibility index (Phi) is 2.91. The molecular formula is C18H24O. The van der Waals surface area contributed by atoms with Crippen LogP contribution in [0.2, 0.25) is 0 Å². The van der Waals surface area contributed by atoms with E-state index in [9.17, 15) is 5.11 Å². The Labute approximate surface area is 116 Å². The van der Waals surface area contributed by atoms with Gasteiger partial charge in [-0.3, -0.25) is 0 Å². The SMILES string of the molecule is OC(c1ccccc1C1CCC1)C1CC2CCC1C2. The van der Waals surface area contributed by atoms with Crippen LogP contribution in [0.1, 0.15) is 68.1 Å². The zero-order chi connectivity index (χ0) is 12.8. The van der Waals surface area contributed by atoms with Gasteiger partial charge in [0.15, 0.2) is 0 Å². The first-order chi connectivity index (χ1) is 9.33. The van der Waals surface area contributed by atoms with Crippen molar-refractivity contribution in [2.45, 2.75) is 57.0 Å². The summed E-state index contributed by atoms with van der Waals surface area (Å²) in [7, 11) is 0. The minimum absolute atomic E-state index is 0.202. The van der Waals surface area contributed by atoms with Crippen molar-refractivity contribution in [3.05, 3.63) is 35.4 Å². The summed E-state index contributed by atoms with van der Waals surface area (Å²) >= 11 is 0. The molecule has 3 aliphatic rings. The first-order valence-corrected chi connectivity index (χ1v) is 8.10. The highest BCUT2D eigenvalue weighted by Gasteiger charge is 2.43. The van der Waals surface area contributed by atoms with Crippen LogP contribution in [0.25, 0.3) is 0 Å². The molecule has 0 aliphatic heterocycles. The summed E-state index contributed by atoms with van der Waals surface area (Å²) in [5.41, 5.74) is 2.70.